The van der Waals surface area contributed by atoms with Crippen LogP contribution >= 0.6 is 0 Å². The molecule has 1 aromatic carbocycles. The number of nitrogens with two attached hydrogens (primary N) is 1. The predicted molar refractivity (Wildman–Crippen MR) is 88.1 cm³/mol. The smallest absolute Gasteiger partial charge is 0.141 e. The lowest BCUT2D eigenvalue weighted by Gasteiger charge is -2.11. The summed E-state index contributed by atoms with van der Waals surface area (Å²) in [6, 6.07) is 9.71. The monoisotopic (exact) mass is 301 g/mol. The molecule has 0 aliphatic heterocycles. The topological polar surface area (TPSA) is 98.6 Å². The Hall–Kier alpha value is -2.76. The first-order chi connectivity index (χ1) is 10.6. The molecule has 0 radical (unpaired) electrons. The summed E-state index contributed by atoms with van der Waals surface area (Å²) in [6.07, 6.45) is 1.56. The fraction of sp³-hybridized carbons (Fsp3) is 0.188. The minimum atomic E-state index is -0.341. The Balaban J connectivity index is 0.00000116. The Morgan fingerprint density at radius 2 is 1.86 bits per heavy atom. The lowest BCUT2D eigenvalue weighted by atomic mass is 10.1. The summed E-state index contributed by atoms with van der Waals surface area (Å²) in [7, 11) is 0. The Bertz CT molecular complexity index is 654. The molecular weight excluding hydrogens is 281 g/mol. The fourth-order valence-electron chi connectivity index (χ4n) is 1.71. The van der Waals surface area contributed by atoms with Gasteiger partial charge in [-0.25, -0.2) is 9.37 Å². The van der Waals surface area contributed by atoms with E-state index in [1.165, 1.54) is 6.07 Å². The molecule has 0 aliphatic rings. The zero-order chi connectivity index (χ0) is 16.5. The number of anilines is 1. The summed E-state index contributed by atoms with van der Waals surface area (Å²) in [5.74, 6) is -0.248. The van der Waals surface area contributed by atoms with Gasteiger partial charge in [0.2, 0.25) is 0 Å². The first kappa shape index (κ1) is 17.3. The number of benzene rings is 1. The van der Waals surface area contributed by atoms with Crippen molar-refractivity contribution in [1.29, 1.82) is 10.8 Å². The molecule has 0 spiro atoms. The second kappa shape index (κ2) is 8.51. The van der Waals surface area contributed by atoms with Crippen molar-refractivity contribution >= 4 is 17.4 Å². The quantitative estimate of drug-likeness (QED) is 0.504. The lowest BCUT2D eigenvalue weighted by molar-refractivity contribution is 0.613. The van der Waals surface area contributed by atoms with Crippen LogP contribution < -0.4 is 11.1 Å². The molecular formula is C16H20FN5. The number of pyridine rings is 1. The summed E-state index contributed by atoms with van der Waals surface area (Å²) in [5.41, 5.74) is 6.11. The number of halogens is 1. The molecule has 2 rings (SSSR count). The van der Waals surface area contributed by atoms with Crippen LogP contribution in [-0.4, -0.2) is 16.5 Å². The molecule has 0 aliphatic carbocycles. The van der Waals surface area contributed by atoms with E-state index in [0.29, 0.717) is 16.9 Å². The third kappa shape index (κ3) is 4.37. The molecule has 0 saturated carbocycles. The fourth-order valence-corrected chi connectivity index (χ4v) is 1.71. The molecule has 1 heterocycles. The van der Waals surface area contributed by atoms with E-state index in [1.54, 1.807) is 36.5 Å². The molecule has 22 heavy (non-hydrogen) atoms. The van der Waals surface area contributed by atoms with Gasteiger partial charge in [-0.1, -0.05) is 32.0 Å². The summed E-state index contributed by atoms with van der Waals surface area (Å²) < 4.78 is 13.5. The number of aromatic nitrogens is 1. The van der Waals surface area contributed by atoms with E-state index < -0.39 is 0 Å². The van der Waals surface area contributed by atoms with Gasteiger partial charge >= 0.3 is 0 Å². The Morgan fingerprint density at radius 1 is 1.18 bits per heavy atom. The maximum atomic E-state index is 13.5. The summed E-state index contributed by atoms with van der Waals surface area (Å²) >= 11 is 0. The van der Waals surface area contributed by atoms with Crippen molar-refractivity contribution in [1.82, 2.24) is 4.98 Å². The first-order valence-electron chi connectivity index (χ1n) is 6.95. The van der Waals surface area contributed by atoms with E-state index >= 15 is 0 Å². The van der Waals surface area contributed by atoms with Crippen molar-refractivity contribution < 1.29 is 4.39 Å². The molecule has 0 atom stereocenters. The van der Waals surface area contributed by atoms with Gasteiger partial charge in [0, 0.05) is 23.9 Å². The summed E-state index contributed by atoms with van der Waals surface area (Å²) in [4.78, 5) is 4.10. The Labute approximate surface area is 129 Å². The summed E-state index contributed by atoms with van der Waals surface area (Å²) in [5, 5.41) is 18.0. The highest BCUT2D eigenvalue weighted by Crippen LogP contribution is 2.14. The minimum Gasteiger partial charge on any atom is -0.382 e. The molecule has 0 saturated heterocycles. The molecule has 0 fully saturated rings. The van der Waals surface area contributed by atoms with E-state index in [4.69, 9.17) is 16.6 Å². The lowest BCUT2D eigenvalue weighted by Crippen LogP contribution is -2.23. The molecule has 0 bridgehead atoms. The van der Waals surface area contributed by atoms with Crippen LogP contribution in [0.2, 0.25) is 0 Å². The molecule has 0 unspecified atom stereocenters. The number of nitrogens with one attached hydrogen (secondary N) is 3. The number of amidine groups is 1. The minimum absolute atomic E-state index is 0.117. The highest BCUT2D eigenvalue weighted by atomic mass is 19.1. The largest absolute Gasteiger partial charge is 0.382 e. The first-order valence-corrected chi connectivity index (χ1v) is 6.95. The molecule has 1 aromatic heterocycles. The maximum Gasteiger partial charge on any atom is 0.141 e. The van der Waals surface area contributed by atoms with Crippen LogP contribution in [0.4, 0.5) is 10.2 Å². The van der Waals surface area contributed by atoms with Gasteiger partial charge in [-0.15, -0.1) is 0 Å². The highest BCUT2D eigenvalue weighted by molar-refractivity contribution is 6.45. The highest BCUT2D eigenvalue weighted by Gasteiger charge is 2.11. The van der Waals surface area contributed by atoms with Crippen molar-refractivity contribution in [3.8, 4) is 0 Å². The standard InChI is InChI=1S/C14H14FN5.C2H6/c15-11-6-2-1-4-9(11)8-20-14-10(5-3-7-19-14)12(16)13(17)18;1-2/h1-7,16H,8H2,(H3,17,18)(H,19,20);1-2H3. The van der Waals surface area contributed by atoms with Gasteiger partial charge in [0.1, 0.15) is 23.2 Å². The van der Waals surface area contributed by atoms with Crippen LogP contribution in [0.1, 0.15) is 25.0 Å². The normalized spacial score (nSPS) is 9.41. The van der Waals surface area contributed by atoms with Crippen LogP contribution in [0.5, 0.6) is 0 Å². The molecule has 116 valence electrons. The van der Waals surface area contributed by atoms with Crippen LogP contribution in [-0.2, 0) is 6.54 Å². The van der Waals surface area contributed by atoms with Crippen molar-refractivity contribution in [2.45, 2.75) is 20.4 Å². The number of nitrogens with zero attached hydrogens (tertiary/aromatic N) is 1. The van der Waals surface area contributed by atoms with E-state index in [-0.39, 0.29) is 23.9 Å². The van der Waals surface area contributed by atoms with Gasteiger partial charge in [0.25, 0.3) is 0 Å². The van der Waals surface area contributed by atoms with Crippen molar-refractivity contribution in [3.05, 3.63) is 59.5 Å². The van der Waals surface area contributed by atoms with Gasteiger partial charge in [-0.2, -0.15) is 0 Å². The molecule has 6 heteroatoms. The number of rotatable bonds is 5. The molecule has 2 aromatic rings. The number of hydrogen-bond acceptors (Lipinski definition) is 4. The Morgan fingerprint density at radius 3 is 2.50 bits per heavy atom. The van der Waals surface area contributed by atoms with Gasteiger partial charge < -0.3 is 11.1 Å². The zero-order valence-electron chi connectivity index (χ0n) is 12.7. The van der Waals surface area contributed by atoms with Gasteiger partial charge in [-0.05, 0) is 18.2 Å². The second-order valence-corrected chi connectivity index (χ2v) is 4.13. The predicted octanol–water partition coefficient (Wildman–Crippen LogP) is 3.16. The van der Waals surface area contributed by atoms with E-state index in [9.17, 15) is 4.39 Å². The van der Waals surface area contributed by atoms with Crippen LogP contribution in [0.25, 0.3) is 0 Å². The summed E-state index contributed by atoms with van der Waals surface area (Å²) in [6.45, 7) is 4.24. The molecule has 5 nitrogen and oxygen atoms in total. The van der Waals surface area contributed by atoms with Gasteiger partial charge in [0.05, 0.1) is 0 Å². The number of hydrogen-bond donors (Lipinski definition) is 4. The third-order valence-corrected chi connectivity index (χ3v) is 2.75. The van der Waals surface area contributed by atoms with Crippen molar-refractivity contribution in [2.24, 2.45) is 5.73 Å². The van der Waals surface area contributed by atoms with Crippen LogP contribution in [0, 0.1) is 16.6 Å². The van der Waals surface area contributed by atoms with Crippen LogP contribution in [0.3, 0.4) is 0 Å². The second-order valence-electron chi connectivity index (χ2n) is 4.13. The van der Waals surface area contributed by atoms with Gasteiger partial charge in [0.15, 0.2) is 0 Å². The van der Waals surface area contributed by atoms with Gasteiger partial charge in [-0.3, -0.25) is 10.8 Å². The van der Waals surface area contributed by atoms with Crippen molar-refractivity contribution in [3.63, 3.8) is 0 Å². The van der Waals surface area contributed by atoms with Crippen LogP contribution in [0.15, 0.2) is 42.6 Å². The Kier molecular flexibility index (Phi) is 6.69. The average Bonchev–Trinajstić information content (AvgIpc) is 2.55. The zero-order valence-corrected chi connectivity index (χ0v) is 12.7. The molecule has 5 N–H and O–H groups in total. The average molecular weight is 301 g/mol. The van der Waals surface area contributed by atoms with E-state index in [0.717, 1.165) is 0 Å². The van der Waals surface area contributed by atoms with E-state index in [2.05, 4.69) is 10.3 Å². The third-order valence-electron chi connectivity index (χ3n) is 2.75. The maximum absolute atomic E-state index is 13.5. The molecule has 0 amide bonds. The SMILES string of the molecule is CC.N=C(N)C(=N)c1cccnc1NCc1ccccc1F. The van der Waals surface area contributed by atoms with E-state index in [1.807, 2.05) is 13.8 Å². The van der Waals surface area contributed by atoms with Crippen molar-refractivity contribution in [2.75, 3.05) is 5.32 Å².